The van der Waals surface area contributed by atoms with Crippen LogP contribution in [0.4, 0.5) is 4.39 Å². The third-order valence-corrected chi connectivity index (χ3v) is 4.13. The minimum Gasteiger partial charge on any atom is -0.483 e. The van der Waals surface area contributed by atoms with Gasteiger partial charge in [0, 0.05) is 0 Å². The van der Waals surface area contributed by atoms with Crippen molar-refractivity contribution in [1.29, 1.82) is 0 Å². The second kappa shape index (κ2) is 8.11. The van der Waals surface area contributed by atoms with Crippen LogP contribution in [-0.2, 0) is 11.2 Å². The van der Waals surface area contributed by atoms with E-state index < -0.39 is 0 Å². The number of benzene rings is 2. The number of carbonyl (C=O) groups is 1. The van der Waals surface area contributed by atoms with Gasteiger partial charge in [0.25, 0.3) is 5.91 Å². The fourth-order valence-corrected chi connectivity index (χ4v) is 2.68. The molecule has 5 heteroatoms. The van der Waals surface area contributed by atoms with Crippen LogP contribution in [0.5, 0.6) is 5.75 Å². The molecule has 0 aliphatic carbocycles. The van der Waals surface area contributed by atoms with Gasteiger partial charge in [0.1, 0.15) is 11.6 Å². The molecule has 0 aliphatic rings. The smallest absolute Gasteiger partial charge is 0.258 e. The molecule has 0 heterocycles. The summed E-state index contributed by atoms with van der Waals surface area (Å²) in [5.74, 6) is 0.107. The molecule has 0 aromatic heterocycles. The average molecular weight is 380 g/mol. The van der Waals surface area contributed by atoms with Crippen LogP contribution in [0.25, 0.3) is 0 Å². The fraction of sp³-hybridized carbons (Fsp3) is 0.278. The molecule has 1 N–H and O–H groups in total. The van der Waals surface area contributed by atoms with Crippen LogP contribution in [-0.4, -0.2) is 12.5 Å². The van der Waals surface area contributed by atoms with Crippen LogP contribution in [0.1, 0.15) is 31.0 Å². The highest BCUT2D eigenvalue weighted by Gasteiger charge is 2.11. The summed E-state index contributed by atoms with van der Waals surface area (Å²) >= 11 is 3.44. The number of amides is 1. The van der Waals surface area contributed by atoms with Gasteiger partial charge in [0.2, 0.25) is 0 Å². The molecule has 2 rings (SSSR count). The summed E-state index contributed by atoms with van der Waals surface area (Å²) in [5, 5.41) is 2.83. The van der Waals surface area contributed by atoms with Crippen molar-refractivity contribution in [3.63, 3.8) is 0 Å². The normalized spacial score (nSPS) is 11.8. The molecule has 0 radical (unpaired) electrons. The van der Waals surface area contributed by atoms with Crippen molar-refractivity contribution < 1.29 is 13.9 Å². The van der Waals surface area contributed by atoms with Gasteiger partial charge >= 0.3 is 0 Å². The molecule has 2 aromatic carbocycles. The Morgan fingerprint density at radius 2 is 1.96 bits per heavy atom. The number of hydrogen-bond acceptors (Lipinski definition) is 2. The predicted molar refractivity (Wildman–Crippen MR) is 92.0 cm³/mol. The van der Waals surface area contributed by atoms with Gasteiger partial charge in [-0.2, -0.15) is 0 Å². The number of rotatable bonds is 6. The van der Waals surface area contributed by atoms with Crippen LogP contribution < -0.4 is 10.1 Å². The maximum atomic E-state index is 12.9. The Morgan fingerprint density at radius 1 is 1.26 bits per heavy atom. The third kappa shape index (κ3) is 5.06. The molecule has 1 atom stereocenters. The Morgan fingerprint density at radius 3 is 2.57 bits per heavy atom. The maximum absolute atomic E-state index is 12.9. The van der Waals surface area contributed by atoms with E-state index in [1.165, 1.54) is 17.7 Å². The zero-order chi connectivity index (χ0) is 16.8. The molecule has 0 unspecified atom stereocenters. The molecule has 0 fully saturated rings. The minimum absolute atomic E-state index is 0.0738. The maximum Gasteiger partial charge on any atom is 0.258 e. The van der Waals surface area contributed by atoms with Gasteiger partial charge in [-0.15, -0.1) is 0 Å². The lowest BCUT2D eigenvalue weighted by Gasteiger charge is -2.15. The van der Waals surface area contributed by atoms with E-state index >= 15 is 0 Å². The zero-order valence-electron chi connectivity index (χ0n) is 13.1. The van der Waals surface area contributed by atoms with E-state index in [1.54, 1.807) is 12.1 Å². The van der Waals surface area contributed by atoms with Crippen LogP contribution >= 0.6 is 15.9 Å². The number of carbonyl (C=O) groups excluding carboxylic acids is 1. The molecular formula is C18H19BrFNO2. The molecule has 122 valence electrons. The van der Waals surface area contributed by atoms with Crippen molar-refractivity contribution in [2.45, 2.75) is 26.3 Å². The molecule has 0 saturated carbocycles. The first kappa shape index (κ1) is 17.5. The summed E-state index contributed by atoms with van der Waals surface area (Å²) in [6.07, 6.45) is 0.939. The van der Waals surface area contributed by atoms with Gasteiger partial charge < -0.3 is 10.1 Å². The van der Waals surface area contributed by atoms with E-state index in [0.717, 1.165) is 16.5 Å². The molecule has 23 heavy (non-hydrogen) atoms. The molecule has 1 amide bonds. The van der Waals surface area contributed by atoms with Gasteiger partial charge in [-0.05, 0) is 64.7 Å². The van der Waals surface area contributed by atoms with E-state index in [4.69, 9.17) is 4.74 Å². The van der Waals surface area contributed by atoms with Crippen molar-refractivity contribution in [2.24, 2.45) is 0 Å². The van der Waals surface area contributed by atoms with Crippen molar-refractivity contribution in [1.82, 2.24) is 5.32 Å². The Kier molecular flexibility index (Phi) is 6.16. The lowest BCUT2D eigenvalue weighted by molar-refractivity contribution is -0.123. The largest absolute Gasteiger partial charge is 0.483 e. The highest BCUT2D eigenvalue weighted by Crippen LogP contribution is 2.26. The van der Waals surface area contributed by atoms with E-state index in [2.05, 4.69) is 28.2 Å². The Bertz CT molecular complexity index is 673. The van der Waals surface area contributed by atoms with E-state index in [1.807, 2.05) is 25.1 Å². The van der Waals surface area contributed by atoms with Gasteiger partial charge in [0.05, 0.1) is 10.5 Å². The number of halogens is 2. The second-order valence-corrected chi connectivity index (χ2v) is 6.10. The summed E-state index contributed by atoms with van der Waals surface area (Å²) in [7, 11) is 0. The van der Waals surface area contributed by atoms with Crippen LogP contribution in [0.2, 0.25) is 0 Å². The van der Waals surface area contributed by atoms with Gasteiger partial charge in [0.15, 0.2) is 6.61 Å². The Labute approximate surface area is 144 Å². The predicted octanol–water partition coefficient (Wildman–Crippen LogP) is 4.41. The van der Waals surface area contributed by atoms with Crippen molar-refractivity contribution >= 4 is 21.8 Å². The average Bonchev–Trinajstić information content (AvgIpc) is 2.54. The summed E-state index contributed by atoms with van der Waals surface area (Å²) in [5.41, 5.74) is 2.03. The summed E-state index contributed by atoms with van der Waals surface area (Å²) in [6.45, 7) is 3.85. The summed E-state index contributed by atoms with van der Waals surface area (Å²) in [4.78, 5) is 12.0. The van der Waals surface area contributed by atoms with Crippen LogP contribution in [0.3, 0.4) is 0 Å². The van der Waals surface area contributed by atoms with E-state index in [0.29, 0.717) is 5.75 Å². The lowest BCUT2D eigenvalue weighted by Crippen LogP contribution is -2.31. The van der Waals surface area contributed by atoms with Crippen molar-refractivity contribution in [3.8, 4) is 5.75 Å². The number of aryl methyl sites for hydroxylation is 1. The minimum atomic E-state index is -0.295. The number of hydrogen-bond donors (Lipinski definition) is 1. The van der Waals surface area contributed by atoms with Crippen molar-refractivity contribution in [3.05, 3.63) is 63.9 Å². The van der Waals surface area contributed by atoms with E-state index in [-0.39, 0.29) is 24.4 Å². The van der Waals surface area contributed by atoms with Gasteiger partial charge in [-0.25, -0.2) is 4.39 Å². The Balaban J connectivity index is 1.88. The molecule has 0 aliphatic heterocycles. The topological polar surface area (TPSA) is 38.3 Å². The second-order valence-electron chi connectivity index (χ2n) is 5.25. The van der Waals surface area contributed by atoms with E-state index in [9.17, 15) is 9.18 Å². The third-order valence-electron chi connectivity index (χ3n) is 3.51. The highest BCUT2D eigenvalue weighted by molar-refractivity contribution is 9.10. The molecule has 3 nitrogen and oxygen atoms in total. The molecular weight excluding hydrogens is 361 g/mol. The molecule has 2 aromatic rings. The first-order chi connectivity index (χ1) is 11.0. The number of ether oxygens (including phenoxy) is 1. The van der Waals surface area contributed by atoms with Crippen LogP contribution in [0, 0.1) is 5.82 Å². The lowest BCUT2D eigenvalue weighted by atomic mass is 10.1. The quantitative estimate of drug-likeness (QED) is 0.807. The first-order valence-corrected chi connectivity index (χ1v) is 8.25. The number of nitrogens with one attached hydrogen (secondary N) is 1. The van der Waals surface area contributed by atoms with Gasteiger partial charge in [-0.3, -0.25) is 4.79 Å². The van der Waals surface area contributed by atoms with Crippen LogP contribution in [0.15, 0.2) is 46.9 Å². The fourth-order valence-electron chi connectivity index (χ4n) is 2.14. The van der Waals surface area contributed by atoms with Gasteiger partial charge in [-0.1, -0.05) is 25.1 Å². The SMILES string of the molecule is CCc1ccc(OCC(=O)N[C@H](C)c2ccc(F)cc2)c(Br)c1. The standard InChI is InChI=1S/C18H19BrFNO2/c1-3-13-4-9-17(16(19)10-13)23-11-18(22)21-12(2)14-5-7-15(20)8-6-14/h4-10,12H,3,11H2,1-2H3,(H,21,22)/t12-/m1/s1. The highest BCUT2D eigenvalue weighted by atomic mass is 79.9. The molecule has 0 spiro atoms. The Hall–Kier alpha value is -1.88. The zero-order valence-corrected chi connectivity index (χ0v) is 14.7. The first-order valence-electron chi connectivity index (χ1n) is 7.45. The monoisotopic (exact) mass is 379 g/mol. The van der Waals surface area contributed by atoms with Crippen molar-refractivity contribution in [2.75, 3.05) is 6.61 Å². The summed E-state index contributed by atoms with van der Waals surface area (Å²) in [6, 6.07) is 11.6. The summed E-state index contributed by atoms with van der Waals surface area (Å²) < 4.78 is 19.3. The molecule has 0 bridgehead atoms. The molecule has 0 saturated heterocycles.